The molecule has 0 heterocycles. The van der Waals surface area contributed by atoms with Gasteiger partial charge in [0.2, 0.25) is 0 Å². The smallest absolute Gasteiger partial charge is 0.0625 e. The zero-order chi connectivity index (χ0) is 18.0. The second-order valence-electron chi connectivity index (χ2n) is 5.96. The highest BCUT2D eigenvalue weighted by Crippen LogP contribution is 2.05. The highest BCUT2D eigenvalue weighted by Gasteiger charge is 2.17. The minimum absolute atomic E-state index is 1.13. The average molecular weight is 417 g/mol. The second kappa shape index (κ2) is 9.90. The van der Waals surface area contributed by atoms with E-state index in [1.807, 2.05) is 30.3 Å². The lowest BCUT2D eigenvalue weighted by Gasteiger charge is -2.16. The highest BCUT2D eigenvalue weighted by molar-refractivity contribution is 9.10. The molecular formula is C24H21BrSi. The lowest BCUT2D eigenvalue weighted by atomic mass is 10.3. The van der Waals surface area contributed by atoms with Gasteiger partial charge in [-0.15, -0.1) is 0 Å². The number of halogens is 1. The number of hydrogen-bond donors (Lipinski definition) is 0. The predicted molar refractivity (Wildman–Crippen MR) is 120 cm³/mol. The van der Waals surface area contributed by atoms with Crippen LogP contribution in [-0.4, -0.2) is 8.80 Å². The summed E-state index contributed by atoms with van der Waals surface area (Å²) in [4.78, 5) is 0. The average Bonchev–Trinajstić information content (AvgIpc) is 2.72. The number of hydrogen-bond acceptors (Lipinski definition) is 0. The fourth-order valence-electron chi connectivity index (χ4n) is 2.93. The van der Waals surface area contributed by atoms with E-state index in [4.69, 9.17) is 0 Å². The van der Waals surface area contributed by atoms with Crippen molar-refractivity contribution in [3.05, 3.63) is 126 Å². The van der Waals surface area contributed by atoms with E-state index < -0.39 is 8.80 Å². The quantitative estimate of drug-likeness (QED) is 0.343. The van der Waals surface area contributed by atoms with Gasteiger partial charge < -0.3 is 0 Å². The van der Waals surface area contributed by atoms with E-state index >= 15 is 0 Å². The molecule has 0 saturated carbocycles. The summed E-state index contributed by atoms with van der Waals surface area (Å²) in [6, 6.07) is 42.6. The van der Waals surface area contributed by atoms with Crippen LogP contribution in [0, 0.1) is 0 Å². The van der Waals surface area contributed by atoms with Crippen molar-refractivity contribution in [2.24, 2.45) is 0 Å². The third kappa shape index (κ3) is 5.28. The molecule has 0 saturated heterocycles. The van der Waals surface area contributed by atoms with E-state index in [1.165, 1.54) is 15.6 Å². The molecule has 0 nitrogen and oxygen atoms in total. The van der Waals surface area contributed by atoms with Crippen LogP contribution in [0.3, 0.4) is 0 Å². The molecule has 0 N–H and O–H groups in total. The fraction of sp³-hybridized carbons (Fsp3) is 0. The summed E-state index contributed by atoms with van der Waals surface area (Å²) >= 11 is 3.31. The molecule has 4 rings (SSSR count). The molecule has 0 aliphatic rings. The molecule has 0 amide bonds. The zero-order valence-corrected chi connectivity index (χ0v) is 17.2. The molecule has 2 heteroatoms. The Kier molecular flexibility index (Phi) is 7.00. The maximum Gasteiger partial charge on any atom is 0.132 e. The molecular weight excluding hydrogens is 396 g/mol. The topological polar surface area (TPSA) is 0 Å². The Bertz CT molecular complexity index is 784. The second-order valence-corrected chi connectivity index (χ2v) is 9.74. The summed E-state index contributed by atoms with van der Waals surface area (Å²) in [7, 11) is -1.31. The third-order valence-corrected chi connectivity index (χ3v) is 7.82. The van der Waals surface area contributed by atoms with E-state index in [0.717, 1.165) is 4.47 Å². The molecule has 0 unspecified atom stereocenters. The largest absolute Gasteiger partial charge is 0.132 e. The van der Waals surface area contributed by atoms with Gasteiger partial charge in [-0.3, -0.25) is 0 Å². The Hall–Kier alpha value is -2.42. The van der Waals surface area contributed by atoms with Crippen molar-refractivity contribution in [2.75, 3.05) is 0 Å². The monoisotopic (exact) mass is 416 g/mol. The molecule has 0 radical (unpaired) electrons. The number of benzene rings is 4. The molecule has 0 aliphatic carbocycles. The first kappa shape index (κ1) is 18.4. The lowest BCUT2D eigenvalue weighted by molar-refractivity contribution is 1.66. The molecule has 4 aromatic carbocycles. The van der Waals surface area contributed by atoms with Crippen LogP contribution in [-0.2, 0) is 0 Å². The van der Waals surface area contributed by atoms with Crippen molar-refractivity contribution >= 4 is 40.3 Å². The molecule has 0 aromatic heterocycles. The van der Waals surface area contributed by atoms with E-state index in [1.54, 1.807) is 0 Å². The standard InChI is InChI=1S/C18H16Si.C6H5Br/c1-4-10-16(11-5-1)19(17-12-6-2-7-13-17)18-14-8-3-9-15-18;7-6-4-2-1-3-5-6/h1-15,19H;1-5H. The first-order valence-corrected chi connectivity index (χ1v) is 11.2. The summed E-state index contributed by atoms with van der Waals surface area (Å²) in [5, 5.41) is 4.42. The van der Waals surface area contributed by atoms with Gasteiger partial charge in [-0.1, -0.05) is 141 Å². The molecule has 4 aromatic rings. The first-order chi connectivity index (χ1) is 12.8. The van der Waals surface area contributed by atoms with Gasteiger partial charge in [-0.25, -0.2) is 0 Å². The van der Waals surface area contributed by atoms with Crippen LogP contribution in [0.15, 0.2) is 126 Å². The molecule has 0 fully saturated rings. The van der Waals surface area contributed by atoms with E-state index in [9.17, 15) is 0 Å². The van der Waals surface area contributed by atoms with Gasteiger partial charge in [-0.2, -0.15) is 0 Å². The van der Waals surface area contributed by atoms with E-state index in [0.29, 0.717) is 0 Å². The first-order valence-electron chi connectivity index (χ1n) is 8.70. The molecule has 0 bridgehead atoms. The van der Waals surface area contributed by atoms with E-state index in [2.05, 4.69) is 107 Å². The van der Waals surface area contributed by atoms with Crippen LogP contribution in [0.5, 0.6) is 0 Å². The normalized spacial score (nSPS) is 10.1. The third-order valence-electron chi connectivity index (χ3n) is 4.13. The highest BCUT2D eigenvalue weighted by atomic mass is 79.9. The summed E-state index contributed by atoms with van der Waals surface area (Å²) in [5.74, 6) is 0. The summed E-state index contributed by atoms with van der Waals surface area (Å²) in [6.07, 6.45) is 0. The molecule has 0 atom stereocenters. The maximum absolute atomic E-state index is 3.31. The van der Waals surface area contributed by atoms with Gasteiger partial charge in [0.15, 0.2) is 0 Å². The van der Waals surface area contributed by atoms with Crippen molar-refractivity contribution < 1.29 is 0 Å². The maximum atomic E-state index is 3.31. The Labute approximate surface area is 165 Å². The molecule has 128 valence electrons. The van der Waals surface area contributed by atoms with Crippen LogP contribution >= 0.6 is 15.9 Å². The van der Waals surface area contributed by atoms with Crippen molar-refractivity contribution in [1.29, 1.82) is 0 Å². The van der Waals surface area contributed by atoms with Gasteiger partial charge in [-0.05, 0) is 12.1 Å². The van der Waals surface area contributed by atoms with Crippen LogP contribution in [0.1, 0.15) is 0 Å². The van der Waals surface area contributed by atoms with Gasteiger partial charge in [0.05, 0.1) is 0 Å². The minimum atomic E-state index is -1.31. The lowest BCUT2D eigenvalue weighted by Crippen LogP contribution is -2.51. The van der Waals surface area contributed by atoms with Gasteiger partial charge in [0.1, 0.15) is 8.80 Å². The van der Waals surface area contributed by atoms with E-state index in [-0.39, 0.29) is 0 Å². The summed E-state index contributed by atoms with van der Waals surface area (Å²) < 4.78 is 1.13. The van der Waals surface area contributed by atoms with Crippen molar-refractivity contribution in [3.63, 3.8) is 0 Å². The minimum Gasteiger partial charge on any atom is -0.0625 e. The Morgan fingerprint density at radius 1 is 0.385 bits per heavy atom. The van der Waals surface area contributed by atoms with Crippen LogP contribution in [0.4, 0.5) is 0 Å². The van der Waals surface area contributed by atoms with Crippen molar-refractivity contribution in [3.8, 4) is 0 Å². The Balaban J connectivity index is 0.000000236. The van der Waals surface area contributed by atoms with Crippen LogP contribution in [0.25, 0.3) is 0 Å². The summed E-state index contributed by atoms with van der Waals surface area (Å²) in [5.41, 5.74) is 0. The van der Waals surface area contributed by atoms with Crippen molar-refractivity contribution in [1.82, 2.24) is 0 Å². The fourth-order valence-corrected chi connectivity index (χ4v) is 6.21. The van der Waals surface area contributed by atoms with Crippen LogP contribution in [0.2, 0.25) is 0 Å². The molecule has 0 spiro atoms. The Morgan fingerprint density at radius 2 is 0.654 bits per heavy atom. The van der Waals surface area contributed by atoms with Gasteiger partial charge in [0, 0.05) is 4.47 Å². The van der Waals surface area contributed by atoms with Crippen molar-refractivity contribution in [2.45, 2.75) is 0 Å². The SMILES string of the molecule is Brc1ccccc1.c1ccc([SiH](c2ccccc2)c2ccccc2)cc1. The Morgan fingerprint density at radius 3 is 0.885 bits per heavy atom. The van der Waals surface area contributed by atoms with Crippen LogP contribution < -0.4 is 15.6 Å². The molecule has 26 heavy (non-hydrogen) atoms. The predicted octanol–water partition coefficient (Wildman–Crippen LogP) is 4.38. The molecule has 0 aliphatic heterocycles. The number of rotatable bonds is 3. The van der Waals surface area contributed by atoms with Gasteiger partial charge in [0.25, 0.3) is 0 Å². The summed E-state index contributed by atoms with van der Waals surface area (Å²) in [6.45, 7) is 0. The zero-order valence-electron chi connectivity index (χ0n) is 14.5. The van der Waals surface area contributed by atoms with Gasteiger partial charge >= 0.3 is 0 Å².